The van der Waals surface area contributed by atoms with Crippen LogP contribution in [0.2, 0.25) is 0 Å². The van der Waals surface area contributed by atoms with Crippen LogP contribution < -0.4 is 26.0 Å². The molecule has 0 spiro atoms. The Kier molecular flexibility index (Phi) is 29.4. The highest BCUT2D eigenvalue weighted by atomic mass is 16.6. The Hall–Kier alpha value is -7.34. The fourth-order valence-corrected chi connectivity index (χ4v) is 11.8. The molecule has 2 aliphatic rings. The Balaban J connectivity index is 2.35. The number of esters is 2. The molecule has 2 saturated heterocycles. The van der Waals surface area contributed by atoms with Gasteiger partial charge in [0.15, 0.2) is 6.10 Å². The standard InChI is InChI=1S/C66H108N10O15/c1-23-40(11)54-56(79)67-35-49(78)72(18)52(38(7)8)57(80)68-45(33-43-28-30-44(89-22)31-29-43)64(87)90-42(13)59(82)76-32-26-25-27-46(76)60(83)73(19)53(39(9)10)58(81)70-50(36(3)4)62(85)71(17)47(61(84)75(21)55(41(12)24-2)63(86)74(54)20)34-48(77)69-51(37(5)6)65(88)91-66(14,15)16/h28-31,36-42,45-47,50-55H,23-27,32-35H2,1-22H3,(H,67,79)(H,68,80)(H,69,77)(H,70,81)/t40-,41+,42-,45+,46+,47-,50+,51+,52+,53+,54+,55+/m1/s1. The minimum absolute atomic E-state index is 0.0934. The molecule has 512 valence electrons. The van der Waals surface area contributed by atoms with Crippen LogP contribution in [0, 0.1) is 35.5 Å². The third-order valence-corrected chi connectivity index (χ3v) is 17.5. The van der Waals surface area contributed by atoms with E-state index in [1.165, 1.54) is 64.0 Å². The lowest BCUT2D eigenvalue weighted by atomic mass is 9.92. The number of cyclic esters (lactones) is 1. The fourth-order valence-electron chi connectivity index (χ4n) is 11.8. The zero-order chi connectivity index (χ0) is 69.4. The number of piperidine rings is 1. The number of fused-ring (bicyclic) bond motifs is 1. The maximum absolute atomic E-state index is 15.5. The number of carbonyl (C=O) groups is 12. The molecule has 3 rings (SSSR count). The van der Waals surface area contributed by atoms with Crippen molar-refractivity contribution in [3.05, 3.63) is 29.8 Å². The van der Waals surface area contributed by atoms with E-state index >= 15 is 14.4 Å². The van der Waals surface area contributed by atoms with Gasteiger partial charge in [-0.2, -0.15) is 0 Å². The number of methoxy groups -OCH3 is 1. The van der Waals surface area contributed by atoms with Crippen LogP contribution in [-0.2, 0) is 73.4 Å². The molecule has 0 bridgehead atoms. The van der Waals surface area contributed by atoms with E-state index in [0.29, 0.717) is 37.0 Å². The maximum atomic E-state index is 15.5. The second kappa shape index (κ2) is 34.4. The lowest BCUT2D eigenvalue weighted by Crippen LogP contribution is -2.63. The lowest BCUT2D eigenvalue weighted by molar-refractivity contribution is -0.165. The van der Waals surface area contributed by atoms with Crippen molar-refractivity contribution in [1.82, 2.24) is 50.7 Å². The van der Waals surface area contributed by atoms with Crippen LogP contribution in [-0.4, -0.2) is 222 Å². The Morgan fingerprint density at radius 2 is 1.16 bits per heavy atom. The molecule has 0 aromatic heterocycles. The van der Waals surface area contributed by atoms with Gasteiger partial charge in [0.1, 0.15) is 65.7 Å². The number of nitrogens with one attached hydrogen (secondary N) is 4. The molecule has 2 fully saturated rings. The normalized spacial score (nSPS) is 25.5. The summed E-state index contributed by atoms with van der Waals surface area (Å²) in [6.45, 7) is 26.4. The second-order valence-corrected chi connectivity index (χ2v) is 27.1. The van der Waals surface area contributed by atoms with Gasteiger partial charge in [-0.25, -0.2) is 9.59 Å². The average molecular weight is 1280 g/mol. The Morgan fingerprint density at radius 3 is 1.68 bits per heavy atom. The first-order chi connectivity index (χ1) is 42.3. The fraction of sp³-hybridized carbons (Fsp3) is 0.727. The van der Waals surface area contributed by atoms with Crippen LogP contribution in [0.5, 0.6) is 5.75 Å². The molecule has 12 atom stereocenters. The Bertz CT molecular complexity index is 2730. The van der Waals surface area contributed by atoms with Crippen molar-refractivity contribution in [3.63, 3.8) is 0 Å². The van der Waals surface area contributed by atoms with Crippen molar-refractivity contribution in [1.29, 1.82) is 0 Å². The van der Waals surface area contributed by atoms with E-state index in [2.05, 4.69) is 21.3 Å². The summed E-state index contributed by atoms with van der Waals surface area (Å²) in [5, 5.41) is 11.0. The summed E-state index contributed by atoms with van der Waals surface area (Å²) in [6.07, 6.45) is -0.446. The molecule has 1 aromatic rings. The first-order valence-corrected chi connectivity index (χ1v) is 32.1. The molecule has 0 unspecified atom stereocenters. The molecule has 1 aromatic carbocycles. The van der Waals surface area contributed by atoms with Crippen molar-refractivity contribution in [2.45, 2.75) is 222 Å². The van der Waals surface area contributed by atoms with Gasteiger partial charge in [-0.15, -0.1) is 0 Å². The number of hydrogen-bond acceptors (Lipinski definition) is 15. The van der Waals surface area contributed by atoms with Gasteiger partial charge in [-0.3, -0.25) is 47.9 Å². The van der Waals surface area contributed by atoms with Crippen LogP contribution in [0.1, 0.15) is 155 Å². The monoisotopic (exact) mass is 1280 g/mol. The number of rotatable bonds is 15. The van der Waals surface area contributed by atoms with E-state index in [9.17, 15) is 43.2 Å². The predicted octanol–water partition coefficient (Wildman–Crippen LogP) is 3.72. The summed E-state index contributed by atoms with van der Waals surface area (Å²) in [5.74, 6) is -12.2. The topological polar surface area (TPSA) is 300 Å². The van der Waals surface area contributed by atoms with Gasteiger partial charge in [0.05, 0.1) is 20.1 Å². The molecule has 0 saturated carbocycles. The number of nitrogens with zero attached hydrogens (tertiary/aromatic N) is 6. The van der Waals surface area contributed by atoms with Gasteiger partial charge in [0.2, 0.25) is 53.2 Å². The van der Waals surface area contributed by atoms with Crippen LogP contribution in [0.3, 0.4) is 0 Å². The highest BCUT2D eigenvalue weighted by molar-refractivity contribution is 6.00. The minimum atomic E-state index is -1.69. The molecule has 10 amide bonds. The summed E-state index contributed by atoms with van der Waals surface area (Å²) in [7, 11) is 8.35. The minimum Gasteiger partial charge on any atom is -0.497 e. The molecular formula is C66H108N10O15. The van der Waals surface area contributed by atoms with Gasteiger partial charge in [0.25, 0.3) is 5.91 Å². The third-order valence-electron chi connectivity index (χ3n) is 17.5. The van der Waals surface area contributed by atoms with Crippen LogP contribution in [0.25, 0.3) is 0 Å². The zero-order valence-corrected chi connectivity index (χ0v) is 58.2. The first-order valence-electron chi connectivity index (χ1n) is 32.1. The second-order valence-electron chi connectivity index (χ2n) is 27.1. The van der Waals surface area contributed by atoms with E-state index in [-0.39, 0.29) is 19.4 Å². The summed E-state index contributed by atoms with van der Waals surface area (Å²) in [4.78, 5) is 183. The van der Waals surface area contributed by atoms with Crippen LogP contribution in [0.15, 0.2) is 24.3 Å². The molecule has 4 N–H and O–H groups in total. The van der Waals surface area contributed by atoms with E-state index in [4.69, 9.17) is 14.2 Å². The highest BCUT2D eigenvalue weighted by Gasteiger charge is 2.46. The van der Waals surface area contributed by atoms with Gasteiger partial charge in [-0.1, -0.05) is 108 Å². The number of amides is 10. The van der Waals surface area contributed by atoms with E-state index < -0.39 is 186 Å². The smallest absolute Gasteiger partial charge is 0.329 e. The van der Waals surface area contributed by atoms with Gasteiger partial charge < -0.3 is 64.9 Å². The lowest BCUT2D eigenvalue weighted by Gasteiger charge is -2.41. The maximum Gasteiger partial charge on any atom is 0.329 e. The van der Waals surface area contributed by atoms with E-state index in [1.807, 2.05) is 6.92 Å². The van der Waals surface area contributed by atoms with Crippen LogP contribution >= 0.6 is 0 Å². The van der Waals surface area contributed by atoms with Gasteiger partial charge in [-0.05, 0) is 100 Å². The zero-order valence-electron chi connectivity index (χ0n) is 58.2. The molecule has 25 heteroatoms. The molecule has 0 aliphatic carbocycles. The molecule has 91 heavy (non-hydrogen) atoms. The SMILES string of the molecule is CC[C@@H](C)[C@H]1C(=O)NCC(=O)N(C)[C@@H](C(C)C)C(=O)N[C@@H](Cc2ccc(OC)cc2)C(=O)O[C@H](C)C(=O)N2CCCC[C@H]2C(=O)N(C)[C@@H](C(C)C)C(=O)N[C@@H](C(C)C)C(=O)N(C)[C@H](CC(=O)N[C@H](C(=O)OC(C)(C)C)C(C)C)C(=O)N(C)[C@@H]([C@@H](C)CC)C(=O)N1C. The van der Waals surface area contributed by atoms with Gasteiger partial charge >= 0.3 is 11.9 Å². The molecule has 25 nitrogen and oxygen atoms in total. The van der Waals surface area contributed by atoms with Gasteiger partial charge in [0, 0.05) is 48.2 Å². The first kappa shape index (κ1) is 77.9. The molecule has 0 radical (unpaired) electrons. The van der Waals surface area contributed by atoms with Crippen molar-refractivity contribution >= 4 is 71.0 Å². The Morgan fingerprint density at radius 1 is 0.637 bits per heavy atom. The third kappa shape index (κ3) is 20.6. The average Bonchev–Trinajstić information content (AvgIpc) is 1.15. The number of ether oxygens (including phenoxy) is 3. The number of likely N-dealkylation sites (N-methyl/N-ethyl adjacent to an activating group) is 5. The molecule has 2 heterocycles. The van der Waals surface area contributed by atoms with Crippen molar-refractivity contribution < 1.29 is 71.7 Å². The highest BCUT2D eigenvalue weighted by Crippen LogP contribution is 2.27. The van der Waals surface area contributed by atoms with Crippen molar-refractivity contribution in [3.8, 4) is 5.75 Å². The summed E-state index contributed by atoms with van der Waals surface area (Å²) in [6, 6.07) is -5.15. The summed E-state index contributed by atoms with van der Waals surface area (Å²) >= 11 is 0. The molecular weight excluding hydrogens is 1170 g/mol. The van der Waals surface area contributed by atoms with Crippen LogP contribution in [0.4, 0.5) is 0 Å². The number of hydrogen-bond donors (Lipinski definition) is 4. The summed E-state index contributed by atoms with van der Waals surface area (Å²) < 4.78 is 16.9. The summed E-state index contributed by atoms with van der Waals surface area (Å²) in [5.41, 5.74) is -0.353. The Labute approximate surface area is 539 Å². The predicted molar refractivity (Wildman–Crippen MR) is 342 cm³/mol. The number of benzene rings is 1. The quantitative estimate of drug-likeness (QED) is 0.182. The molecule has 2 aliphatic heterocycles. The van der Waals surface area contributed by atoms with Crippen molar-refractivity contribution in [2.75, 3.05) is 55.4 Å². The van der Waals surface area contributed by atoms with Crippen molar-refractivity contribution in [2.24, 2.45) is 35.5 Å². The number of carbonyl (C=O) groups excluding carboxylic acids is 12. The largest absolute Gasteiger partial charge is 0.497 e. The van der Waals surface area contributed by atoms with E-state index in [0.717, 1.165) is 14.7 Å². The van der Waals surface area contributed by atoms with E-state index in [1.54, 1.807) is 121 Å².